The van der Waals surface area contributed by atoms with Crippen LogP contribution in [0.25, 0.3) is 6.08 Å². The summed E-state index contributed by atoms with van der Waals surface area (Å²) < 4.78 is 10.5. The molecule has 2 fully saturated rings. The molecule has 0 spiro atoms. The third-order valence-corrected chi connectivity index (χ3v) is 4.80. The lowest BCUT2D eigenvalue weighted by molar-refractivity contribution is -0.118. The van der Waals surface area contributed by atoms with E-state index in [2.05, 4.69) is 4.90 Å². The van der Waals surface area contributed by atoms with E-state index in [1.807, 2.05) is 30.3 Å². The number of rotatable bonds is 5. The van der Waals surface area contributed by atoms with Crippen molar-refractivity contribution in [3.63, 3.8) is 0 Å². The van der Waals surface area contributed by atoms with Crippen LogP contribution < -0.4 is 4.74 Å². The van der Waals surface area contributed by atoms with Crippen molar-refractivity contribution in [1.82, 2.24) is 4.90 Å². The highest BCUT2D eigenvalue weighted by Gasteiger charge is 2.29. The minimum atomic E-state index is 0.197. The van der Waals surface area contributed by atoms with Crippen molar-refractivity contribution in [3.05, 3.63) is 35.4 Å². The lowest BCUT2D eigenvalue weighted by Gasteiger charge is -2.27. The number of benzene rings is 1. The summed E-state index contributed by atoms with van der Waals surface area (Å²) in [6.45, 7) is 4.64. The second-order valence-electron chi connectivity index (χ2n) is 6.29. The van der Waals surface area contributed by atoms with Crippen molar-refractivity contribution in [2.45, 2.75) is 19.3 Å². The zero-order chi connectivity index (χ0) is 16.1. The molecule has 124 valence electrons. The van der Waals surface area contributed by atoms with Crippen molar-refractivity contribution in [1.29, 1.82) is 0 Å². The number of hydrogen-bond donors (Lipinski definition) is 0. The van der Waals surface area contributed by atoms with Crippen LogP contribution in [-0.2, 0) is 9.53 Å². The number of methoxy groups -OCH3 is 1. The standard InChI is InChI=1S/C19H25NO3/c1-22-18-6-2-15(3-7-18)14-17-5-4-16(19(17)21)8-9-20-10-12-23-13-11-20/h2-3,6-7,14,16H,4-5,8-13H2,1H3/b17-14+. The second kappa shape index (κ2) is 7.75. The van der Waals surface area contributed by atoms with Gasteiger partial charge in [0.25, 0.3) is 0 Å². The molecule has 1 saturated carbocycles. The maximum atomic E-state index is 12.6. The number of ether oxygens (including phenoxy) is 2. The van der Waals surface area contributed by atoms with Gasteiger partial charge in [0.05, 0.1) is 20.3 Å². The number of hydrogen-bond acceptors (Lipinski definition) is 4. The lowest BCUT2D eigenvalue weighted by Crippen LogP contribution is -2.37. The number of carbonyl (C=O) groups excluding carboxylic acids is 1. The molecule has 1 aromatic carbocycles. The van der Waals surface area contributed by atoms with E-state index >= 15 is 0 Å². The smallest absolute Gasteiger partial charge is 0.162 e. The van der Waals surface area contributed by atoms with Crippen LogP contribution in [0.15, 0.2) is 29.8 Å². The number of Topliss-reactive ketones (excluding diaryl/α,β-unsaturated/α-hetero) is 1. The molecule has 1 aliphatic carbocycles. The Morgan fingerprint density at radius 1 is 1.26 bits per heavy atom. The predicted octanol–water partition coefficient (Wildman–Crippen LogP) is 2.78. The summed E-state index contributed by atoms with van der Waals surface area (Å²) in [5, 5.41) is 0. The molecule has 4 heteroatoms. The molecule has 1 aliphatic heterocycles. The summed E-state index contributed by atoms with van der Waals surface area (Å²) in [4.78, 5) is 15.0. The van der Waals surface area contributed by atoms with Crippen LogP contribution in [0, 0.1) is 5.92 Å². The fourth-order valence-electron chi connectivity index (χ4n) is 3.33. The second-order valence-corrected chi connectivity index (χ2v) is 6.29. The Hall–Kier alpha value is -1.65. The van der Waals surface area contributed by atoms with E-state index in [9.17, 15) is 4.79 Å². The van der Waals surface area contributed by atoms with Crippen molar-refractivity contribution in [3.8, 4) is 5.75 Å². The van der Waals surface area contributed by atoms with Gasteiger partial charge in [-0.25, -0.2) is 0 Å². The van der Waals surface area contributed by atoms with Crippen LogP contribution in [0.4, 0.5) is 0 Å². The largest absolute Gasteiger partial charge is 0.497 e. The fraction of sp³-hybridized carbons (Fsp3) is 0.526. The summed E-state index contributed by atoms with van der Waals surface area (Å²) in [6.07, 6.45) is 4.90. The number of carbonyl (C=O) groups is 1. The Morgan fingerprint density at radius 2 is 2.00 bits per heavy atom. The van der Waals surface area contributed by atoms with Gasteiger partial charge in [0, 0.05) is 19.0 Å². The quantitative estimate of drug-likeness (QED) is 0.783. The van der Waals surface area contributed by atoms with Gasteiger partial charge >= 0.3 is 0 Å². The molecule has 23 heavy (non-hydrogen) atoms. The van der Waals surface area contributed by atoms with Crippen molar-refractivity contribution in [2.75, 3.05) is 40.0 Å². The van der Waals surface area contributed by atoms with Gasteiger partial charge in [0.1, 0.15) is 5.75 Å². The minimum Gasteiger partial charge on any atom is -0.497 e. The first-order valence-electron chi connectivity index (χ1n) is 8.45. The SMILES string of the molecule is COc1ccc(/C=C2\CCC(CCN3CCOCC3)C2=O)cc1. The maximum Gasteiger partial charge on any atom is 0.162 e. The molecule has 0 N–H and O–H groups in total. The third kappa shape index (κ3) is 4.21. The molecule has 1 aromatic rings. The van der Waals surface area contributed by atoms with Crippen molar-refractivity contribution >= 4 is 11.9 Å². The predicted molar refractivity (Wildman–Crippen MR) is 90.6 cm³/mol. The summed E-state index contributed by atoms with van der Waals surface area (Å²) in [5.74, 6) is 1.38. The van der Waals surface area contributed by atoms with Crippen LogP contribution >= 0.6 is 0 Å². The molecule has 1 atom stereocenters. The molecule has 0 aromatic heterocycles. The van der Waals surface area contributed by atoms with E-state index in [1.165, 1.54) is 0 Å². The maximum absolute atomic E-state index is 12.6. The van der Waals surface area contributed by atoms with E-state index < -0.39 is 0 Å². The molecule has 2 aliphatic rings. The molecule has 1 heterocycles. The van der Waals surface area contributed by atoms with Gasteiger partial charge in [-0.1, -0.05) is 12.1 Å². The topological polar surface area (TPSA) is 38.8 Å². The molecule has 3 rings (SSSR count). The average molecular weight is 315 g/mol. The van der Waals surface area contributed by atoms with Crippen molar-refractivity contribution < 1.29 is 14.3 Å². The lowest BCUT2D eigenvalue weighted by atomic mass is 10.0. The van der Waals surface area contributed by atoms with E-state index in [1.54, 1.807) is 7.11 Å². The minimum absolute atomic E-state index is 0.197. The van der Waals surface area contributed by atoms with Gasteiger partial charge in [-0.05, 0) is 55.2 Å². The number of allylic oxidation sites excluding steroid dienone is 1. The number of nitrogens with zero attached hydrogens (tertiary/aromatic N) is 1. The van der Waals surface area contributed by atoms with Crippen LogP contribution in [0.2, 0.25) is 0 Å². The molecule has 0 amide bonds. The van der Waals surface area contributed by atoms with Crippen molar-refractivity contribution in [2.24, 2.45) is 5.92 Å². The van der Waals surface area contributed by atoms with Gasteiger partial charge in [0.2, 0.25) is 0 Å². The Kier molecular flexibility index (Phi) is 5.47. The highest BCUT2D eigenvalue weighted by atomic mass is 16.5. The van der Waals surface area contributed by atoms with Gasteiger partial charge in [-0.3, -0.25) is 9.69 Å². The molecule has 1 saturated heterocycles. The zero-order valence-corrected chi connectivity index (χ0v) is 13.8. The molecule has 1 unspecified atom stereocenters. The Bertz CT molecular complexity index is 558. The van der Waals surface area contributed by atoms with Crippen LogP contribution in [0.5, 0.6) is 5.75 Å². The molecular formula is C19H25NO3. The van der Waals surface area contributed by atoms with Gasteiger partial charge in [-0.15, -0.1) is 0 Å². The molecule has 4 nitrogen and oxygen atoms in total. The van der Waals surface area contributed by atoms with Gasteiger partial charge in [0.15, 0.2) is 5.78 Å². The first kappa shape index (κ1) is 16.2. The first-order chi connectivity index (χ1) is 11.3. The molecule has 0 bridgehead atoms. The third-order valence-electron chi connectivity index (χ3n) is 4.80. The molecular weight excluding hydrogens is 290 g/mol. The monoisotopic (exact) mass is 315 g/mol. The van der Waals surface area contributed by atoms with Gasteiger partial charge < -0.3 is 9.47 Å². The number of ketones is 1. The zero-order valence-electron chi connectivity index (χ0n) is 13.8. The highest BCUT2D eigenvalue weighted by molar-refractivity contribution is 6.03. The Balaban J connectivity index is 1.55. The Labute approximate surface area is 138 Å². The van der Waals surface area contributed by atoms with Crippen LogP contribution in [-0.4, -0.2) is 50.6 Å². The van der Waals surface area contributed by atoms with E-state index in [0.29, 0.717) is 5.78 Å². The van der Waals surface area contributed by atoms with E-state index in [4.69, 9.17) is 9.47 Å². The van der Waals surface area contributed by atoms with E-state index in [0.717, 1.165) is 69.0 Å². The number of morpholine rings is 1. The average Bonchev–Trinajstić information content (AvgIpc) is 2.95. The normalized spacial score (nSPS) is 24.3. The van der Waals surface area contributed by atoms with Gasteiger partial charge in [-0.2, -0.15) is 0 Å². The summed E-state index contributed by atoms with van der Waals surface area (Å²) in [7, 11) is 1.66. The molecule has 0 radical (unpaired) electrons. The van der Waals surface area contributed by atoms with Crippen LogP contribution in [0.3, 0.4) is 0 Å². The summed E-state index contributed by atoms with van der Waals surface area (Å²) >= 11 is 0. The van der Waals surface area contributed by atoms with E-state index in [-0.39, 0.29) is 5.92 Å². The summed E-state index contributed by atoms with van der Waals surface area (Å²) in [5.41, 5.74) is 2.05. The van der Waals surface area contributed by atoms with Crippen LogP contribution in [0.1, 0.15) is 24.8 Å². The fourth-order valence-corrected chi connectivity index (χ4v) is 3.33. The Morgan fingerprint density at radius 3 is 2.70 bits per heavy atom. The first-order valence-corrected chi connectivity index (χ1v) is 8.45. The summed E-state index contributed by atoms with van der Waals surface area (Å²) in [6, 6.07) is 7.86. The highest BCUT2D eigenvalue weighted by Crippen LogP contribution is 2.31.